The van der Waals surface area contributed by atoms with Crippen LogP contribution >= 0.6 is 23.2 Å². The molecular weight excluding hydrogens is 273 g/mol. The molecule has 2 aromatic rings. The maximum Gasteiger partial charge on any atom is 0.212 e. The maximum absolute atomic E-state index is 12.1. The molecular formula is C12H11Cl2N3O. The van der Waals surface area contributed by atoms with Gasteiger partial charge in [-0.2, -0.15) is 0 Å². The van der Waals surface area contributed by atoms with Gasteiger partial charge in [0.15, 0.2) is 0 Å². The van der Waals surface area contributed by atoms with Crippen LogP contribution in [0.25, 0.3) is 0 Å². The van der Waals surface area contributed by atoms with Gasteiger partial charge >= 0.3 is 0 Å². The number of hydrogen-bond donors (Lipinski definition) is 1. The third-order valence-electron chi connectivity index (χ3n) is 2.43. The van der Waals surface area contributed by atoms with Gasteiger partial charge in [-0.3, -0.25) is 4.79 Å². The minimum absolute atomic E-state index is 0.190. The number of hydrogen-bond acceptors (Lipinski definition) is 3. The minimum Gasteiger partial charge on any atom is -0.335 e. The molecule has 0 bridgehead atoms. The molecule has 0 saturated carbocycles. The number of imidazole rings is 1. The normalized spacial score (nSPS) is 10.6. The third kappa shape index (κ3) is 2.72. The molecule has 0 aliphatic rings. The molecule has 0 amide bonds. The van der Waals surface area contributed by atoms with E-state index in [1.165, 1.54) is 6.07 Å². The van der Waals surface area contributed by atoms with E-state index in [4.69, 9.17) is 28.9 Å². The predicted octanol–water partition coefficient (Wildman–Crippen LogP) is 2.38. The summed E-state index contributed by atoms with van der Waals surface area (Å²) < 4.78 is 1.77. The number of benzene rings is 1. The zero-order chi connectivity index (χ0) is 13.1. The smallest absolute Gasteiger partial charge is 0.212 e. The number of halogens is 2. The van der Waals surface area contributed by atoms with Gasteiger partial charge < -0.3 is 10.3 Å². The minimum atomic E-state index is -0.190. The summed E-state index contributed by atoms with van der Waals surface area (Å²) in [7, 11) is 0. The van der Waals surface area contributed by atoms with Gasteiger partial charge in [-0.1, -0.05) is 23.2 Å². The van der Waals surface area contributed by atoms with E-state index in [9.17, 15) is 4.79 Å². The van der Waals surface area contributed by atoms with Crippen molar-refractivity contribution in [2.75, 3.05) is 6.54 Å². The Morgan fingerprint density at radius 3 is 2.78 bits per heavy atom. The molecule has 0 aliphatic carbocycles. The fourth-order valence-corrected chi connectivity index (χ4v) is 1.83. The highest BCUT2D eigenvalue weighted by Crippen LogP contribution is 2.23. The van der Waals surface area contributed by atoms with Crippen molar-refractivity contribution in [3.63, 3.8) is 0 Å². The Kier molecular flexibility index (Phi) is 4.01. The summed E-state index contributed by atoms with van der Waals surface area (Å²) in [6.45, 7) is 1.12. The topological polar surface area (TPSA) is 60.9 Å². The quantitative estimate of drug-likeness (QED) is 0.877. The number of ketones is 1. The van der Waals surface area contributed by atoms with E-state index in [-0.39, 0.29) is 5.78 Å². The molecule has 1 aromatic heterocycles. The lowest BCUT2D eigenvalue weighted by Crippen LogP contribution is -2.08. The highest BCUT2D eigenvalue weighted by atomic mass is 35.5. The predicted molar refractivity (Wildman–Crippen MR) is 71.2 cm³/mol. The second-order valence-electron chi connectivity index (χ2n) is 3.74. The van der Waals surface area contributed by atoms with Crippen molar-refractivity contribution < 1.29 is 4.79 Å². The Hall–Kier alpha value is -1.36. The average molecular weight is 284 g/mol. The highest BCUT2D eigenvalue weighted by Gasteiger charge is 2.13. The second-order valence-corrected chi connectivity index (χ2v) is 4.56. The Labute approximate surface area is 114 Å². The number of carbonyl (C=O) groups is 1. The summed E-state index contributed by atoms with van der Waals surface area (Å²) in [4.78, 5) is 16.2. The first-order chi connectivity index (χ1) is 8.61. The zero-order valence-electron chi connectivity index (χ0n) is 9.44. The van der Waals surface area contributed by atoms with Gasteiger partial charge in [0.2, 0.25) is 5.78 Å². The summed E-state index contributed by atoms with van der Waals surface area (Å²) in [6, 6.07) is 4.75. The van der Waals surface area contributed by atoms with Crippen LogP contribution in [0.5, 0.6) is 0 Å². The van der Waals surface area contributed by atoms with Crippen LogP contribution in [-0.4, -0.2) is 21.9 Å². The molecule has 6 heteroatoms. The first kappa shape index (κ1) is 13.1. The van der Waals surface area contributed by atoms with Crippen molar-refractivity contribution in [3.8, 4) is 0 Å². The fourth-order valence-electron chi connectivity index (χ4n) is 1.53. The van der Waals surface area contributed by atoms with Crippen molar-refractivity contribution in [3.05, 3.63) is 52.0 Å². The molecule has 1 aromatic carbocycles. The molecule has 94 valence electrons. The first-order valence-electron chi connectivity index (χ1n) is 5.33. The van der Waals surface area contributed by atoms with Crippen LogP contribution in [0, 0.1) is 0 Å². The molecule has 0 spiro atoms. The van der Waals surface area contributed by atoms with E-state index in [0.29, 0.717) is 34.4 Å². The Bertz CT molecular complexity index is 580. The number of rotatable bonds is 4. The summed E-state index contributed by atoms with van der Waals surface area (Å²) in [6.07, 6.45) is 3.25. The number of nitrogens with two attached hydrogens (primary N) is 1. The molecule has 0 aliphatic heterocycles. The van der Waals surface area contributed by atoms with Crippen molar-refractivity contribution in [2.45, 2.75) is 6.54 Å². The third-order valence-corrected chi connectivity index (χ3v) is 3.17. The van der Waals surface area contributed by atoms with Crippen LogP contribution in [-0.2, 0) is 6.54 Å². The standard InChI is InChI=1S/C12H11Cl2N3O/c13-9-2-1-8(5-10(9)14)12(18)11-6-17(4-3-15)7-16-11/h1-2,5-7H,3-4,15H2. The Morgan fingerprint density at radius 1 is 1.33 bits per heavy atom. The van der Waals surface area contributed by atoms with Gasteiger partial charge in [-0.05, 0) is 18.2 Å². The van der Waals surface area contributed by atoms with Gasteiger partial charge in [0, 0.05) is 24.8 Å². The van der Waals surface area contributed by atoms with Gasteiger partial charge in [0.25, 0.3) is 0 Å². The van der Waals surface area contributed by atoms with Crippen LogP contribution in [0.3, 0.4) is 0 Å². The molecule has 2 rings (SSSR count). The van der Waals surface area contributed by atoms with Crippen LogP contribution in [0.1, 0.15) is 16.1 Å². The number of aromatic nitrogens is 2. The molecule has 1 heterocycles. The maximum atomic E-state index is 12.1. The zero-order valence-corrected chi connectivity index (χ0v) is 10.9. The molecule has 0 atom stereocenters. The monoisotopic (exact) mass is 283 g/mol. The van der Waals surface area contributed by atoms with E-state index in [1.54, 1.807) is 29.2 Å². The van der Waals surface area contributed by atoms with E-state index in [1.807, 2.05) is 0 Å². The molecule has 4 nitrogen and oxygen atoms in total. The average Bonchev–Trinajstić information content (AvgIpc) is 2.81. The highest BCUT2D eigenvalue weighted by molar-refractivity contribution is 6.42. The van der Waals surface area contributed by atoms with Crippen molar-refractivity contribution in [1.82, 2.24) is 9.55 Å². The van der Waals surface area contributed by atoms with Crippen LogP contribution < -0.4 is 5.73 Å². The largest absolute Gasteiger partial charge is 0.335 e. The van der Waals surface area contributed by atoms with E-state index in [2.05, 4.69) is 4.98 Å². The molecule has 0 unspecified atom stereocenters. The SMILES string of the molecule is NCCn1cnc(C(=O)c2ccc(Cl)c(Cl)c2)c1. The van der Waals surface area contributed by atoms with Crippen LogP contribution in [0.4, 0.5) is 0 Å². The first-order valence-corrected chi connectivity index (χ1v) is 6.09. The van der Waals surface area contributed by atoms with Crippen molar-refractivity contribution in [1.29, 1.82) is 0 Å². The van der Waals surface area contributed by atoms with E-state index < -0.39 is 0 Å². The van der Waals surface area contributed by atoms with Crippen LogP contribution in [0.2, 0.25) is 10.0 Å². The fraction of sp³-hybridized carbons (Fsp3) is 0.167. The summed E-state index contributed by atoms with van der Waals surface area (Å²) in [5.41, 5.74) is 6.25. The second kappa shape index (κ2) is 5.52. The van der Waals surface area contributed by atoms with E-state index >= 15 is 0 Å². The van der Waals surface area contributed by atoms with Gasteiger partial charge in [0.1, 0.15) is 5.69 Å². The Balaban J connectivity index is 2.26. The molecule has 0 radical (unpaired) electrons. The Morgan fingerprint density at radius 2 is 2.11 bits per heavy atom. The molecule has 2 N–H and O–H groups in total. The van der Waals surface area contributed by atoms with Gasteiger partial charge in [-0.15, -0.1) is 0 Å². The molecule has 18 heavy (non-hydrogen) atoms. The van der Waals surface area contributed by atoms with Gasteiger partial charge in [-0.25, -0.2) is 4.98 Å². The number of carbonyl (C=O) groups excluding carboxylic acids is 1. The molecule has 0 saturated heterocycles. The lowest BCUT2D eigenvalue weighted by Gasteiger charge is -2.00. The molecule has 0 fully saturated rings. The lowest BCUT2D eigenvalue weighted by molar-refractivity contribution is 0.103. The summed E-state index contributed by atoms with van der Waals surface area (Å²) in [5, 5.41) is 0.769. The summed E-state index contributed by atoms with van der Waals surface area (Å²) in [5.74, 6) is -0.190. The number of nitrogens with zero attached hydrogens (tertiary/aromatic N) is 2. The van der Waals surface area contributed by atoms with Gasteiger partial charge in [0.05, 0.1) is 16.4 Å². The van der Waals surface area contributed by atoms with Crippen LogP contribution in [0.15, 0.2) is 30.7 Å². The van der Waals surface area contributed by atoms with Crippen molar-refractivity contribution in [2.24, 2.45) is 5.73 Å². The lowest BCUT2D eigenvalue weighted by atomic mass is 10.1. The summed E-state index contributed by atoms with van der Waals surface area (Å²) >= 11 is 11.7. The van der Waals surface area contributed by atoms with Crippen molar-refractivity contribution >= 4 is 29.0 Å². The van der Waals surface area contributed by atoms with E-state index in [0.717, 1.165) is 0 Å².